The van der Waals surface area contributed by atoms with Crippen LogP contribution in [0.15, 0.2) is 39.8 Å². The van der Waals surface area contributed by atoms with Crippen LogP contribution < -0.4 is 0 Å². The maximum Gasteiger partial charge on any atom is 0.246 e. The Morgan fingerprint density at radius 1 is 1.14 bits per heavy atom. The summed E-state index contributed by atoms with van der Waals surface area (Å²) in [7, 11) is -1.85. The second kappa shape index (κ2) is 9.61. The summed E-state index contributed by atoms with van der Waals surface area (Å²) in [5.74, 6) is 0.759. The molecule has 8 nitrogen and oxygen atoms in total. The maximum absolute atomic E-state index is 12.5. The van der Waals surface area contributed by atoms with Crippen molar-refractivity contribution in [1.29, 1.82) is 0 Å². The first-order chi connectivity index (χ1) is 13.3. The third-order valence-corrected chi connectivity index (χ3v) is 6.28. The Kier molecular flexibility index (Phi) is 7.47. The molecule has 0 aliphatic rings. The number of aromatic nitrogens is 2. The van der Waals surface area contributed by atoms with Crippen molar-refractivity contribution in [2.24, 2.45) is 0 Å². The molecule has 1 aromatic carbocycles. The number of carbonyl (C=O) groups is 1. The zero-order chi connectivity index (χ0) is 20.7. The molecule has 0 radical (unpaired) electrons. The van der Waals surface area contributed by atoms with Gasteiger partial charge in [-0.1, -0.05) is 38.1 Å². The molecule has 2 aromatic rings. The second-order valence-electron chi connectivity index (χ2n) is 6.14. The predicted octanol–water partition coefficient (Wildman–Crippen LogP) is 2.33. The summed E-state index contributed by atoms with van der Waals surface area (Å²) >= 11 is 0. The lowest BCUT2D eigenvalue weighted by atomic mass is 10.2. The highest BCUT2D eigenvalue weighted by Crippen LogP contribution is 2.17. The summed E-state index contributed by atoms with van der Waals surface area (Å²) in [6.45, 7) is 6.58. The van der Waals surface area contributed by atoms with Crippen molar-refractivity contribution in [3.63, 3.8) is 0 Å². The van der Waals surface area contributed by atoms with Crippen molar-refractivity contribution < 1.29 is 17.7 Å². The number of hydrogen-bond donors (Lipinski definition) is 0. The summed E-state index contributed by atoms with van der Waals surface area (Å²) in [4.78, 5) is 18.1. The highest BCUT2D eigenvalue weighted by Gasteiger charge is 2.21. The van der Waals surface area contributed by atoms with Crippen LogP contribution >= 0.6 is 0 Å². The Balaban J connectivity index is 2.02. The van der Waals surface area contributed by atoms with Crippen LogP contribution in [0.3, 0.4) is 0 Å². The second-order valence-corrected chi connectivity index (χ2v) is 8.08. The number of likely N-dealkylation sites (N-methyl/N-ethyl adjacent to an activating group) is 1. The normalized spacial score (nSPS) is 12.0. The first-order valence-electron chi connectivity index (χ1n) is 9.16. The molecular weight excluding hydrogens is 380 g/mol. The molecule has 0 unspecified atom stereocenters. The largest absolute Gasteiger partial charge is 0.337 e. The minimum atomic E-state index is -3.49. The predicted molar refractivity (Wildman–Crippen MR) is 106 cm³/mol. The van der Waals surface area contributed by atoms with E-state index in [1.807, 2.05) is 6.92 Å². The van der Waals surface area contributed by atoms with Gasteiger partial charge >= 0.3 is 0 Å². The minimum absolute atomic E-state index is 0.219. The smallest absolute Gasteiger partial charge is 0.246 e. The number of hydrogen-bond acceptors (Lipinski definition) is 6. The van der Waals surface area contributed by atoms with E-state index in [1.165, 1.54) is 15.3 Å². The fourth-order valence-corrected chi connectivity index (χ4v) is 4.00. The number of sulfonamides is 1. The molecule has 28 heavy (non-hydrogen) atoms. The van der Waals surface area contributed by atoms with Gasteiger partial charge in [0.1, 0.15) is 0 Å². The van der Waals surface area contributed by atoms with Gasteiger partial charge in [0.05, 0.1) is 11.4 Å². The van der Waals surface area contributed by atoms with Crippen molar-refractivity contribution in [3.8, 4) is 0 Å². The number of amides is 1. The number of nitrogens with zero attached hydrogens (tertiary/aromatic N) is 4. The van der Waals surface area contributed by atoms with Gasteiger partial charge in [-0.15, -0.1) is 0 Å². The van der Waals surface area contributed by atoms with E-state index in [2.05, 4.69) is 10.1 Å². The molecule has 1 heterocycles. The third kappa shape index (κ3) is 5.26. The van der Waals surface area contributed by atoms with Gasteiger partial charge in [-0.05, 0) is 23.8 Å². The fourth-order valence-electron chi connectivity index (χ4n) is 2.54. The van der Waals surface area contributed by atoms with Gasteiger partial charge in [-0.3, -0.25) is 4.79 Å². The van der Waals surface area contributed by atoms with E-state index in [0.29, 0.717) is 31.2 Å². The zero-order valence-electron chi connectivity index (χ0n) is 16.6. The quantitative estimate of drug-likeness (QED) is 0.593. The van der Waals surface area contributed by atoms with Crippen LogP contribution in [0.4, 0.5) is 0 Å². The molecule has 9 heteroatoms. The van der Waals surface area contributed by atoms with Crippen molar-refractivity contribution in [1.82, 2.24) is 19.3 Å². The Labute approximate surface area is 165 Å². The van der Waals surface area contributed by atoms with Crippen LogP contribution in [0.25, 0.3) is 6.08 Å². The highest BCUT2D eigenvalue weighted by molar-refractivity contribution is 7.89. The van der Waals surface area contributed by atoms with E-state index in [0.717, 1.165) is 5.56 Å². The van der Waals surface area contributed by atoms with Crippen LogP contribution in [0.2, 0.25) is 0 Å². The van der Waals surface area contributed by atoms with Gasteiger partial charge in [-0.25, -0.2) is 8.42 Å². The Bertz CT molecular complexity index is 916. The molecule has 1 amide bonds. The first kappa shape index (κ1) is 21.8. The van der Waals surface area contributed by atoms with Crippen molar-refractivity contribution in [3.05, 3.63) is 47.6 Å². The van der Waals surface area contributed by atoms with Crippen LogP contribution in [0.5, 0.6) is 0 Å². The molecule has 0 atom stereocenters. The zero-order valence-corrected chi connectivity index (χ0v) is 17.4. The van der Waals surface area contributed by atoms with Crippen LogP contribution in [0.1, 0.15) is 38.0 Å². The third-order valence-electron chi connectivity index (χ3n) is 4.22. The minimum Gasteiger partial charge on any atom is -0.337 e. The molecule has 0 saturated heterocycles. The van der Waals surface area contributed by atoms with Crippen LogP contribution in [-0.4, -0.2) is 53.8 Å². The molecule has 1 aromatic heterocycles. The van der Waals surface area contributed by atoms with Crippen LogP contribution in [-0.2, 0) is 27.8 Å². The Hall–Kier alpha value is -2.52. The van der Waals surface area contributed by atoms with Gasteiger partial charge in [0.15, 0.2) is 5.82 Å². The van der Waals surface area contributed by atoms with E-state index < -0.39 is 10.0 Å². The molecule has 2 rings (SSSR count). The molecular formula is C19H26N4O4S. The number of benzene rings is 1. The summed E-state index contributed by atoms with van der Waals surface area (Å²) in [5, 5.41) is 3.80. The van der Waals surface area contributed by atoms with E-state index in [1.54, 1.807) is 51.2 Å². The topological polar surface area (TPSA) is 96.6 Å². The van der Waals surface area contributed by atoms with Gasteiger partial charge in [0.25, 0.3) is 0 Å². The van der Waals surface area contributed by atoms with Crippen molar-refractivity contribution in [2.75, 3.05) is 20.1 Å². The lowest BCUT2D eigenvalue weighted by Gasteiger charge is -2.18. The Morgan fingerprint density at radius 2 is 1.79 bits per heavy atom. The fraction of sp³-hybridized carbons (Fsp3) is 0.421. The number of aryl methyl sites for hydroxylation is 1. The van der Waals surface area contributed by atoms with Crippen molar-refractivity contribution >= 4 is 22.0 Å². The van der Waals surface area contributed by atoms with Gasteiger partial charge in [0.2, 0.25) is 21.8 Å². The average molecular weight is 407 g/mol. The maximum atomic E-state index is 12.5. The van der Waals surface area contributed by atoms with Gasteiger partial charge < -0.3 is 9.42 Å². The van der Waals surface area contributed by atoms with E-state index in [4.69, 9.17) is 4.52 Å². The lowest BCUT2D eigenvalue weighted by Crippen LogP contribution is -2.30. The summed E-state index contributed by atoms with van der Waals surface area (Å²) in [6.07, 6.45) is 3.73. The SMILES string of the molecule is CCc1noc(CN(C)C(=O)/C=C/c2ccc(S(=O)(=O)N(CC)CC)cc2)n1. The highest BCUT2D eigenvalue weighted by atomic mass is 32.2. The molecule has 0 saturated carbocycles. The van der Waals surface area contributed by atoms with E-state index in [9.17, 15) is 13.2 Å². The van der Waals surface area contributed by atoms with Gasteiger partial charge in [0, 0.05) is 32.6 Å². The summed E-state index contributed by atoms with van der Waals surface area (Å²) < 4.78 is 31.5. The molecule has 0 aliphatic heterocycles. The molecule has 0 fully saturated rings. The van der Waals surface area contributed by atoms with Gasteiger partial charge in [-0.2, -0.15) is 9.29 Å². The average Bonchev–Trinajstić information content (AvgIpc) is 3.14. The molecule has 152 valence electrons. The summed E-state index contributed by atoms with van der Waals surface area (Å²) in [6, 6.07) is 6.44. The number of rotatable bonds is 9. The number of carbonyl (C=O) groups excluding carboxylic acids is 1. The molecule has 0 aliphatic carbocycles. The Morgan fingerprint density at radius 3 is 2.32 bits per heavy atom. The molecule has 0 spiro atoms. The molecule has 0 bridgehead atoms. The van der Waals surface area contributed by atoms with Crippen LogP contribution in [0, 0.1) is 0 Å². The van der Waals surface area contributed by atoms with E-state index >= 15 is 0 Å². The lowest BCUT2D eigenvalue weighted by molar-refractivity contribution is -0.125. The molecule has 0 N–H and O–H groups in total. The monoisotopic (exact) mass is 406 g/mol. The standard InChI is InChI=1S/C19H26N4O4S/c1-5-17-20-18(27-21-17)14-22(4)19(24)13-10-15-8-11-16(12-9-15)28(25,26)23(6-2)7-3/h8-13H,5-7,14H2,1-4H3/b13-10+. The first-order valence-corrected chi connectivity index (χ1v) is 10.6. The van der Waals surface area contributed by atoms with E-state index in [-0.39, 0.29) is 17.3 Å². The summed E-state index contributed by atoms with van der Waals surface area (Å²) in [5.41, 5.74) is 0.728. The van der Waals surface area contributed by atoms with Crippen molar-refractivity contribution in [2.45, 2.75) is 38.6 Å².